The third kappa shape index (κ3) is 6.75. The summed E-state index contributed by atoms with van der Waals surface area (Å²) in [5, 5.41) is 3.09. The molecule has 0 aliphatic carbocycles. The summed E-state index contributed by atoms with van der Waals surface area (Å²) >= 11 is 0. The van der Waals surface area contributed by atoms with Crippen molar-refractivity contribution in [1.29, 1.82) is 0 Å². The number of ether oxygens (including phenoxy) is 4. The number of nitrogens with one attached hydrogen (secondary N) is 1. The minimum Gasteiger partial charge on any atom is -0.493 e. The summed E-state index contributed by atoms with van der Waals surface area (Å²) in [7, 11) is 3.00. The zero-order valence-corrected chi connectivity index (χ0v) is 26.1. The Morgan fingerprint density at radius 1 is 0.896 bits per heavy atom. The van der Waals surface area contributed by atoms with Crippen molar-refractivity contribution < 1.29 is 32.5 Å². The van der Waals surface area contributed by atoms with Gasteiger partial charge in [0.05, 0.1) is 38.6 Å². The molecule has 14 heteroatoms. The first-order valence-electron chi connectivity index (χ1n) is 15.0. The number of rotatable bonds is 10. The fourth-order valence-electron chi connectivity index (χ4n) is 5.32. The Kier molecular flexibility index (Phi) is 9.45. The van der Waals surface area contributed by atoms with Crippen LogP contribution in [0.1, 0.15) is 10.4 Å². The van der Waals surface area contributed by atoms with Gasteiger partial charge in [-0.3, -0.25) is 24.0 Å². The largest absolute Gasteiger partial charge is 0.493 e. The molecular weight excluding hydrogens is 628 g/mol. The van der Waals surface area contributed by atoms with Crippen LogP contribution in [0.2, 0.25) is 0 Å². The standard InChI is InChI=1S/C34H31F2N5O7/c1-45-30-18-24-27(19-31(30)46-2)37-10-9-28(24)48-29-8-5-22(17-26(29)36)38-32(42)25-20-40(12-11-39-13-15-47-16-14-39)34(44)41(33(25)43)23-6-3-21(35)4-7-23/h3-10,17-20H,11-16H2,1-2H3,(H,38,42). The van der Waals surface area contributed by atoms with Gasteiger partial charge in [0.2, 0.25) is 0 Å². The van der Waals surface area contributed by atoms with Crippen LogP contribution in [0.25, 0.3) is 16.6 Å². The highest BCUT2D eigenvalue weighted by molar-refractivity contribution is 6.04. The summed E-state index contributed by atoms with van der Waals surface area (Å²) in [4.78, 5) is 46.9. The van der Waals surface area contributed by atoms with E-state index >= 15 is 4.39 Å². The average molecular weight is 660 g/mol. The SMILES string of the molecule is COc1cc2nccc(Oc3ccc(NC(=O)c4cn(CCN5CCOCC5)c(=O)n(-c5ccc(F)cc5)c4=O)cc3F)c2cc1OC. The highest BCUT2D eigenvalue weighted by Crippen LogP contribution is 2.37. The molecule has 1 aliphatic rings. The number of methoxy groups -OCH3 is 2. The number of pyridine rings is 1. The van der Waals surface area contributed by atoms with Crippen LogP contribution in [0.4, 0.5) is 14.5 Å². The third-order valence-electron chi connectivity index (χ3n) is 7.86. The first-order valence-corrected chi connectivity index (χ1v) is 15.0. The molecule has 0 radical (unpaired) electrons. The second-order valence-corrected chi connectivity index (χ2v) is 10.8. The van der Waals surface area contributed by atoms with Gasteiger partial charge in [-0.25, -0.2) is 18.1 Å². The maximum atomic E-state index is 15.4. The average Bonchev–Trinajstić information content (AvgIpc) is 3.09. The van der Waals surface area contributed by atoms with E-state index in [1.807, 2.05) is 0 Å². The van der Waals surface area contributed by atoms with Crippen LogP contribution in [-0.4, -0.2) is 72.0 Å². The zero-order valence-electron chi connectivity index (χ0n) is 26.1. The molecule has 1 N–H and O–H groups in total. The molecule has 48 heavy (non-hydrogen) atoms. The van der Waals surface area contributed by atoms with E-state index in [9.17, 15) is 18.8 Å². The molecular formula is C34H31F2N5O7. The van der Waals surface area contributed by atoms with Crippen molar-refractivity contribution in [3.63, 3.8) is 0 Å². The molecule has 248 valence electrons. The molecule has 3 heterocycles. The van der Waals surface area contributed by atoms with Gasteiger partial charge in [0.15, 0.2) is 23.1 Å². The van der Waals surface area contributed by atoms with E-state index in [1.165, 1.54) is 55.4 Å². The van der Waals surface area contributed by atoms with Crippen LogP contribution < -0.4 is 30.8 Å². The Bertz CT molecular complexity index is 2090. The van der Waals surface area contributed by atoms with E-state index in [-0.39, 0.29) is 29.2 Å². The molecule has 6 rings (SSSR count). The molecule has 0 spiro atoms. The Morgan fingerprint density at radius 3 is 2.33 bits per heavy atom. The Labute approximate surface area is 272 Å². The van der Waals surface area contributed by atoms with Crippen molar-refractivity contribution in [3.8, 4) is 28.7 Å². The van der Waals surface area contributed by atoms with E-state index in [0.29, 0.717) is 61.0 Å². The van der Waals surface area contributed by atoms with Crippen molar-refractivity contribution >= 4 is 22.5 Å². The molecule has 5 aromatic rings. The monoisotopic (exact) mass is 659 g/mol. The predicted octanol–water partition coefficient (Wildman–Crippen LogP) is 4.22. The molecule has 1 fully saturated rings. The maximum Gasteiger partial charge on any atom is 0.335 e. The van der Waals surface area contributed by atoms with E-state index in [2.05, 4.69) is 15.2 Å². The van der Waals surface area contributed by atoms with Crippen LogP contribution in [0.15, 0.2) is 82.6 Å². The number of benzene rings is 3. The quantitative estimate of drug-likeness (QED) is 0.235. The molecule has 1 saturated heterocycles. The first-order chi connectivity index (χ1) is 23.2. The number of anilines is 1. The van der Waals surface area contributed by atoms with Crippen molar-refractivity contribution in [3.05, 3.63) is 111 Å². The predicted molar refractivity (Wildman–Crippen MR) is 173 cm³/mol. The molecule has 1 aliphatic heterocycles. The molecule has 2 aromatic heterocycles. The Hall–Kier alpha value is -5.60. The lowest BCUT2D eigenvalue weighted by atomic mass is 10.1. The minimum atomic E-state index is -0.913. The van der Waals surface area contributed by atoms with Crippen molar-refractivity contribution in [2.24, 2.45) is 0 Å². The number of nitrogens with zero attached hydrogens (tertiary/aromatic N) is 4. The first kappa shape index (κ1) is 32.3. The second-order valence-electron chi connectivity index (χ2n) is 10.8. The number of hydrogen-bond acceptors (Lipinski definition) is 9. The number of halogens is 2. The number of amides is 1. The highest BCUT2D eigenvalue weighted by atomic mass is 19.1. The number of aromatic nitrogens is 3. The van der Waals surface area contributed by atoms with E-state index < -0.39 is 28.8 Å². The lowest BCUT2D eigenvalue weighted by molar-refractivity contribution is 0.0362. The van der Waals surface area contributed by atoms with E-state index in [4.69, 9.17) is 18.9 Å². The molecule has 0 atom stereocenters. The van der Waals surface area contributed by atoms with Gasteiger partial charge in [-0.1, -0.05) is 0 Å². The second kappa shape index (κ2) is 14.0. The lowest BCUT2D eigenvalue weighted by Crippen LogP contribution is -2.44. The van der Waals surface area contributed by atoms with Gasteiger partial charge in [-0.15, -0.1) is 0 Å². The summed E-state index contributed by atoms with van der Waals surface area (Å²) in [5.74, 6) is -1.14. The zero-order chi connectivity index (χ0) is 33.8. The number of morpholine rings is 1. The van der Waals surface area contributed by atoms with Crippen molar-refractivity contribution in [2.45, 2.75) is 6.54 Å². The van der Waals surface area contributed by atoms with Crippen LogP contribution in [-0.2, 0) is 11.3 Å². The van der Waals surface area contributed by atoms with Crippen LogP contribution in [0, 0.1) is 11.6 Å². The molecule has 12 nitrogen and oxygen atoms in total. The number of carbonyl (C=O) groups excluding carboxylic acids is 1. The molecule has 0 saturated carbocycles. The topological polar surface area (TPSA) is 126 Å². The fraction of sp³-hybridized carbons (Fsp3) is 0.235. The van der Waals surface area contributed by atoms with E-state index in [1.54, 1.807) is 18.2 Å². The molecule has 0 unspecified atom stereocenters. The lowest BCUT2D eigenvalue weighted by Gasteiger charge is -2.26. The third-order valence-corrected chi connectivity index (χ3v) is 7.86. The van der Waals surface area contributed by atoms with Crippen molar-refractivity contribution in [2.75, 3.05) is 52.4 Å². The van der Waals surface area contributed by atoms with E-state index in [0.717, 1.165) is 22.8 Å². The normalized spacial score (nSPS) is 13.3. The fourth-order valence-corrected chi connectivity index (χ4v) is 5.32. The summed E-state index contributed by atoms with van der Waals surface area (Å²) < 4.78 is 53.1. The Balaban J connectivity index is 1.28. The minimum absolute atomic E-state index is 0.0367. The van der Waals surface area contributed by atoms with Gasteiger partial charge in [0, 0.05) is 61.8 Å². The summed E-state index contributed by atoms with van der Waals surface area (Å²) in [5.41, 5.74) is -1.31. The molecule has 3 aromatic carbocycles. The Morgan fingerprint density at radius 2 is 1.62 bits per heavy atom. The summed E-state index contributed by atoms with van der Waals surface area (Å²) in [6.45, 7) is 3.09. The van der Waals surface area contributed by atoms with Crippen LogP contribution >= 0.6 is 0 Å². The number of fused-ring (bicyclic) bond motifs is 1. The van der Waals surface area contributed by atoms with Gasteiger partial charge in [0.1, 0.15) is 17.1 Å². The van der Waals surface area contributed by atoms with Gasteiger partial charge in [-0.05, 0) is 48.5 Å². The summed E-state index contributed by atoms with van der Waals surface area (Å²) in [6.07, 6.45) is 2.70. The van der Waals surface area contributed by atoms with Crippen LogP contribution in [0.5, 0.6) is 23.0 Å². The summed E-state index contributed by atoms with van der Waals surface area (Å²) in [6, 6.07) is 13.5. The van der Waals surface area contributed by atoms with Gasteiger partial charge >= 0.3 is 5.69 Å². The smallest absolute Gasteiger partial charge is 0.335 e. The maximum absolute atomic E-state index is 15.4. The van der Waals surface area contributed by atoms with Crippen molar-refractivity contribution in [1.82, 2.24) is 19.0 Å². The van der Waals surface area contributed by atoms with Gasteiger partial charge < -0.3 is 24.3 Å². The van der Waals surface area contributed by atoms with Crippen LogP contribution in [0.3, 0.4) is 0 Å². The van der Waals surface area contributed by atoms with Gasteiger partial charge in [0.25, 0.3) is 11.5 Å². The number of carbonyl (C=O) groups is 1. The van der Waals surface area contributed by atoms with Gasteiger partial charge in [-0.2, -0.15) is 0 Å². The highest BCUT2D eigenvalue weighted by Gasteiger charge is 2.21. The molecule has 0 bridgehead atoms. The number of hydrogen-bond donors (Lipinski definition) is 1. The molecule has 1 amide bonds.